The minimum atomic E-state index is 1.03. The molecule has 0 spiro atoms. The maximum atomic E-state index is 3.92. The van der Waals surface area contributed by atoms with Gasteiger partial charge in [-0.3, -0.25) is 0 Å². The van der Waals surface area contributed by atoms with Crippen LogP contribution in [-0.4, -0.2) is 0 Å². The quantitative estimate of drug-likeness (QED) is 0.547. The molecule has 0 radical (unpaired) electrons. The highest BCUT2D eigenvalue weighted by Crippen LogP contribution is 2.14. The highest BCUT2D eigenvalue weighted by atomic mass is 14.0. The fraction of sp³-hybridized carbons (Fsp3) is 0.333. The summed E-state index contributed by atoms with van der Waals surface area (Å²) in [5.41, 5.74) is 3.59. The molecule has 0 fully saturated rings. The Hall–Kier alpha value is -1.04. The third-order valence-electron chi connectivity index (χ3n) is 1.84. The van der Waals surface area contributed by atoms with Crippen molar-refractivity contribution in [3.05, 3.63) is 48.1 Å². The van der Waals surface area contributed by atoms with Gasteiger partial charge in [0.05, 0.1) is 0 Å². The average molecular weight is 162 g/mol. The Morgan fingerprint density at radius 1 is 1.42 bits per heavy atom. The lowest BCUT2D eigenvalue weighted by molar-refractivity contribution is 1.10. The van der Waals surface area contributed by atoms with E-state index in [4.69, 9.17) is 0 Å². The predicted octanol–water partition coefficient (Wildman–Crippen LogP) is 4.03. The first kappa shape index (κ1) is 11.0. The second kappa shape index (κ2) is 5.59. The predicted molar refractivity (Wildman–Crippen MR) is 57.1 cm³/mol. The standard InChI is InChI=1S/C12H18/c1-6-11(7-2)9-12(8-3)10(4)5/h6-7,9H,1,4,8H2,2-3,5H3/b11-7-,12-9+. The van der Waals surface area contributed by atoms with Gasteiger partial charge in [0.2, 0.25) is 0 Å². The van der Waals surface area contributed by atoms with Crippen molar-refractivity contribution in [2.24, 2.45) is 0 Å². The summed E-state index contributed by atoms with van der Waals surface area (Å²) in [6.07, 6.45) is 7.07. The van der Waals surface area contributed by atoms with E-state index in [1.807, 2.05) is 26.0 Å². The fourth-order valence-corrected chi connectivity index (χ4v) is 0.988. The van der Waals surface area contributed by atoms with Crippen molar-refractivity contribution in [3.8, 4) is 0 Å². The summed E-state index contributed by atoms with van der Waals surface area (Å²) in [6, 6.07) is 0. The lowest BCUT2D eigenvalue weighted by Crippen LogP contribution is -1.83. The molecule has 0 bridgehead atoms. The van der Waals surface area contributed by atoms with E-state index in [-0.39, 0.29) is 0 Å². The van der Waals surface area contributed by atoms with Crippen molar-refractivity contribution in [3.63, 3.8) is 0 Å². The van der Waals surface area contributed by atoms with Crippen molar-refractivity contribution >= 4 is 0 Å². The summed E-state index contributed by atoms with van der Waals surface area (Å²) in [6.45, 7) is 13.8. The van der Waals surface area contributed by atoms with E-state index in [2.05, 4.69) is 26.2 Å². The highest BCUT2D eigenvalue weighted by molar-refractivity contribution is 5.38. The first-order valence-electron chi connectivity index (χ1n) is 4.30. The van der Waals surface area contributed by atoms with E-state index < -0.39 is 0 Å². The number of allylic oxidation sites excluding steroid dienone is 6. The molecule has 0 saturated heterocycles. The molecule has 0 aromatic heterocycles. The average Bonchev–Trinajstić information content (AvgIpc) is 2.06. The molecule has 0 aliphatic heterocycles. The van der Waals surface area contributed by atoms with Crippen LogP contribution in [0, 0.1) is 0 Å². The Kier molecular flexibility index (Phi) is 5.11. The Bertz CT molecular complexity index is 226. The van der Waals surface area contributed by atoms with Crippen LogP contribution in [0.5, 0.6) is 0 Å². The molecule has 0 aromatic carbocycles. The highest BCUT2D eigenvalue weighted by Gasteiger charge is 1.94. The second-order valence-corrected chi connectivity index (χ2v) is 2.80. The maximum Gasteiger partial charge on any atom is -0.0302 e. The Balaban J connectivity index is 4.69. The molecule has 0 rings (SSSR count). The van der Waals surface area contributed by atoms with Crippen molar-refractivity contribution in [1.82, 2.24) is 0 Å². The van der Waals surface area contributed by atoms with Crippen LogP contribution in [0.4, 0.5) is 0 Å². The van der Waals surface area contributed by atoms with E-state index in [1.54, 1.807) is 0 Å². The minimum Gasteiger partial charge on any atom is -0.0985 e. The summed E-state index contributed by atoms with van der Waals surface area (Å²) in [7, 11) is 0. The van der Waals surface area contributed by atoms with E-state index in [0.717, 1.165) is 17.6 Å². The Morgan fingerprint density at radius 2 is 2.00 bits per heavy atom. The van der Waals surface area contributed by atoms with Crippen LogP contribution >= 0.6 is 0 Å². The van der Waals surface area contributed by atoms with Gasteiger partial charge in [-0.25, -0.2) is 0 Å². The van der Waals surface area contributed by atoms with Gasteiger partial charge >= 0.3 is 0 Å². The summed E-state index contributed by atoms with van der Waals surface area (Å²) in [5.74, 6) is 0. The topological polar surface area (TPSA) is 0 Å². The van der Waals surface area contributed by atoms with Gasteiger partial charge in [0.25, 0.3) is 0 Å². The van der Waals surface area contributed by atoms with Crippen molar-refractivity contribution in [2.75, 3.05) is 0 Å². The summed E-state index contributed by atoms with van der Waals surface area (Å²) >= 11 is 0. The monoisotopic (exact) mass is 162 g/mol. The molecule has 12 heavy (non-hydrogen) atoms. The minimum absolute atomic E-state index is 1.03. The summed E-state index contributed by atoms with van der Waals surface area (Å²) in [5, 5.41) is 0. The maximum absolute atomic E-state index is 3.92. The Morgan fingerprint density at radius 3 is 2.25 bits per heavy atom. The molecule has 0 unspecified atom stereocenters. The zero-order valence-electron chi connectivity index (χ0n) is 8.35. The third kappa shape index (κ3) is 3.38. The number of rotatable bonds is 4. The molecular weight excluding hydrogens is 144 g/mol. The lowest BCUT2D eigenvalue weighted by atomic mass is 10.0. The van der Waals surface area contributed by atoms with E-state index in [1.165, 1.54) is 5.57 Å². The molecule has 0 N–H and O–H groups in total. The van der Waals surface area contributed by atoms with E-state index in [9.17, 15) is 0 Å². The zero-order valence-corrected chi connectivity index (χ0v) is 8.35. The first-order chi connectivity index (χ1) is 5.65. The van der Waals surface area contributed by atoms with Crippen molar-refractivity contribution in [1.29, 1.82) is 0 Å². The van der Waals surface area contributed by atoms with E-state index in [0.29, 0.717) is 0 Å². The Labute approximate surface area is 76.0 Å². The van der Waals surface area contributed by atoms with Crippen LogP contribution in [-0.2, 0) is 0 Å². The zero-order chi connectivity index (χ0) is 9.56. The van der Waals surface area contributed by atoms with Crippen molar-refractivity contribution < 1.29 is 0 Å². The molecular formula is C12H18. The molecule has 0 aromatic rings. The molecule has 0 heterocycles. The van der Waals surface area contributed by atoms with Gasteiger partial charge < -0.3 is 0 Å². The van der Waals surface area contributed by atoms with Crippen molar-refractivity contribution in [2.45, 2.75) is 27.2 Å². The molecule has 66 valence electrons. The number of hydrogen-bond donors (Lipinski definition) is 0. The molecule has 0 aliphatic carbocycles. The fourth-order valence-electron chi connectivity index (χ4n) is 0.988. The van der Waals surface area contributed by atoms with Crippen LogP contribution in [0.1, 0.15) is 27.2 Å². The summed E-state index contributed by atoms with van der Waals surface area (Å²) < 4.78 is 0. The normalized spacial score (nSPS) is 12.9. The molecule has 0 amide bonds. The molecule has 0 aliphatic rings. The van der Waals surface area contributed by atoms with Gasteiger partial charge in [-0.2, -0.15) is 0 Å². The molecule has 0 atom stereocenters. The smallest absolute Gasteiger partial charge is 0.0302 e. The van der Waals surface area contributed by atoms with Crippen LogP contribution in [0.2, 0.25) is 0 Å². The van der Waals surface area contributed by atoms with E-state index >= 15 is 0 Å². The van der Waals surface area contributed by atoms with Gasteiger partial charge in [0.1, 0.15) is 0 Å². The molecule has 0 nitrogen and oxygen atoms in total. The van der Waals surface area contributed by atoms with Crippen LogP contribution in [0.15, 0.2) is 48.1 Å². The summed E-state index contributed by atoms with van der Waals surface area (Å²) in [4.78, 5) is 0. The third-order valence-corrected chi connectivity index (χ3v) is 1.84. The SMILES string of the molecule is C=CC(=C/C)/C=C(\CC)C(=C)C. The van der Waals surface area contributed by atoms with Gasteiger partial charge in [-0.15, -0.1) is 0 Å². The largest absolute Gasteiger partial charge is 0.0985 e. The second-order valence-electron chi connectivity index (χ2n) is 2.80. The van der Waals surface area contributed by atoms with Crippen LogP contribution < -0.4 is 0 Å². The van der Waals surface area contributed by atoms with Gasteiger partial charge in [-0.05, 0) is 31.4 Å². The van der Waals surface area contributed by atoms with Gasteiger partial charge in [0, 0.05) is 0 Å². The van der Waals surface area contributed by atoms with Gasteiger partial charge in [0.15, 0.2) is 0 Å². The first-order valence-corrected chi connectivity index (χ1v) is 4.30. The van der Waals surface area contributed by atoms with Crippen LogP contribution in [0.25, 0.3) is 0 Å². The number of hydrogen-bond acceptors (Lipinski definition) is 0. The lowest BCUT2D eigenvalue weighted by Gasteiger charge is -2.03. The van der Waals surface area contributed by atoms with Gasteiger partial charge in [-0.1, -0.05) is 43.9 Å². The molecule has 0 saturated carbocycles. The van der Waals surface area contributed by atoms with Crippen LogP contribution in [0.3, 0.4) is 0 Å². The molecule has 0 heteroatoms.